The lowest BCUT2D eigenvalue weighted by atomic mass is 10.1. The van der Waals surface area contributed by atoms with E-state index in [-0.39, 0.29) is 22.9 Å². The van der Waals surface area contributed by atoms with E-state index in [4.69, 9.17) is 11.6 Å². The van der Waals surface area contributed by atoms with E-state index in [0.717, 1.165) is 16.6 Å². The molecule has 0 spiro atoms. The molecule has 0 unspecified atom stereocenters. The van der Waals surface area contributed by atoms with Crippen LogP contribution in [0.15, 0.2) is 36.8 Å². The Morgan fingerprint density at radius 1 is 1.12 bits per heavy atom. The monoisotopic (exact) mass is 425 g/mol. The van der Waals surface area contributed by atoms with Crippen LogP contribution < -0.4 is 5.32 Å². The molecular formula is C15H17BrClN5OSi. The Hall–Kier alpha value is -1.77. The minimum atomic E-state index is -1.55. The molecule has 3 aromatic rings. The number of nitrogens with zero attached hydrogens (tertiary/aromatic N) is 5. The summed E-state index contributed by atoms with van der Waals surface area (Å²) in [5.41, 5.74) is 2.12. The quantitative estimate of drug-likeness (QED) is 0.651. The maximum absolute atomic E-state index is 9.60. The highest BCUT2D eigenvalue weighted by Gasteiger charge is 2.21. The molecule has 0 aliphatic heterocycles. The Morgan fingerprint density at radius 2 is 1.88 bits per heavy atom. The van der Waals surface area contributed by atoms with Crippen molar-refractivity contribution in [3.05, 3.63) is 41.8 Å². The Morgan fingerprint density at radius 3 is 2.50 bits per heavy atom. The van der Waals surface area contributed by atoms with Gasteiger partial charge in [-0.25, -0.2) is 14.6 Å². The van der Waals surface area contributed by atoms with E-state index >= 15 is 0 Å². The van der Waals surface area contributed by atoms with Gasteiger partial charge in [0, 0.05) is 22.8 Å². The standard InChI is InChI=1S/C15H16ClN5OSi.BrH/c1-23(2,3)15-8-21(20-19-15)13-5-4-10(16)6-11(13)12-7-14(22)18-9-17-12;/h4-9H,1-3H3,(H,17,18,22);1H. The summed E-state index contributed by atoms with van der Waals surface area (Å²) in [5, 5.41) is 19.7. The predicted molar refractivity (Wildman–Crippen MR) is 102 cm³/mol. The first-order chi connectivity index (χ1) is 10.8. The molecule has 0 saturated carbocycles. The van der Waals surface area contributed by atoms with Crippen LogP contribution in [0.3, 0.4) is 0 Å². The van der Waals surface area contributed by atoms with Crippen LogP contribution in [-0.4, -0.2) is 38.1 Å². The first-order valence-corrected chi connectivity index (χ1v) is 11.0. The number of hydrogen-bond donors (Lipinski definition) is 1. The van der Waals surface area contributed by atoms with Gasteiger partial charge in [0.25, 0.3) is 0 Å². The number of benzene rings is 1. The maximum Gasteiger partial charge on any atom is 0.214 e. The molecule has 0 atom stereocenters. The first-order valence-electron chi connectivity index (χ1n) is 7.09. The molecule has 6 nitrogen and oxygen atoms in total. The average Bonchev–Trinajstić information content (AvgIpc) is 2.97. The third kappa shape index (κ3) is 3.82. The number of aromatic nitrogens is 5. The third-order valence-electron chi connectivity index (χ3n) is 3.40. The summed E-state index contributed by atoms with van der Waals surface area (Å²) in [7, 11) is -1.55. The molecule has 2 aromatic heterocycles. The first kappa shape index (κ1) is 18.6. The zero-order chi connectivity index (χ0) is 16.6. The summed E-state index contributed by atoms with van der Waals surface area (Å²) in [5.74, 6) is -0.0951. The van der Waals surface area contributed by atoms with Crippen molar-refractivity contribution in [3.8, 4) is 22.8 Å². The molecule has 0 aliphatic carbocycles. The van der Waals surface area contributed by atoms with Gasteiger partial charge in [0.15, 0.2) is 0 Å². The molecule has 3 rings (SSSR count). The molecular weight excluding hydrogens is 410 g/mol. The Kier molecular flexibility index (Phi) is 5.41. The van der Waals surface area contributed by atoms with Crippen molar-refractivity contribution in [2.75, 3.05) is 0 Å². The summed E-state index contributed by atoms with van der Waals surface area (Å²) < 4.78 is 1.72. The molecule has 1 aromatic carbocycles. The average molecular weight is 427 g/mol. The fourth-order valence-electron chi connectivity index (χ4n) is 2.13. The molecule has 0 amide bonds. The van der Waals surface area contributed by atoms with E-state index in [1.807, 2.05) is 12.3 Å². The van der Waals surface area contributed by atoms with E-state index in [1.165, 1.54) is 12.4 Å². The van der Waals surface area contributed by atoms with Crippen LogP contribution in [0.2, 0.25) is 24.7 Å². The molecule has 24 heavy (non-hydrogen) atoms. The highest BCUT2D eigenvalue weighted by atomic mass is 79.9. The fourth-order valence-corrected chi connectivity index (χ4v) is 3.16. The van der Waals surface area contributed by atoms with Crippen LogP contribution in [-0.2, 0) is 0 Å². The SMILES string of the molecule is Br.C[Si](C)(C)c1cn(-c2ccc(Cl)cc2-c2cc(O)ncn2)nn1. The maximum atomic E-state index is 9.60. The van der Waals surface area contributed by atoms with Crippen LogP contribution >= 0.6 is 28.6 Å². The lowest BCUT2D eigenvalue weighted by Gasteiger charge is -2.11. The van der Waals surface area contributed by atoms with E-state index < -0.39 is 8.07 Å². The lowest BCUT2D eigenvalue weighted by molar-refractivity contribution is 0.452. The summed E-state index contributed by atoms with van der Waals surface area (Å²) in [6.45, 7) is 6.64. The van der Waals surface area contributed by atoms with Gasteiger partial charge in [0.2, 0.25) is 5.88 Å². The van der Waals surface area contributed by atoms with Crippen LogP contribution in [0.25, 0.3) is 16.9 Å². The van der Waals surface area contributed by atoms with E-state index in [0.29, 0.717) is 10.7 Å². The fraction of sp³-hybridized carbons (Fsp3) is 0.200. The van der Waals surface area contributed by atoms with Gasteiger partial charge in [-0.05, 0) is 18.2 Å². The molecule has 9 heteroatoms. The van der Waals surface area contributed by atoms with Crippen molar-refractivity contribution >= 4 is 42.0 Å². The molecule has 1 N–H and O–H groups in total. The third-order valence-corrected chi connectivity index (χ3v) is 5.40. The highest BCUT2D eigenvalue weighted by molar-refractivity contribution is 8.93. The predicted octanol–water partition coefficient (Wildman–Crippen LogP) is 3.21. The van der Waals surface area contributed by atoms with Crippen LogP contribution in [0.1, 0.15) is 0 Å². The molecule has 0 aliphatic rings. The Balaban J connectivity index is 0.00000208. The molecule has 0 saturated heterocycles. The van der Waals surface area contributed by atoms with Crippen molar-refractivity contribution in [3.63, 3.8) is 0 Å². The normalized spacial score (nSPS) is 11.2. The number of aromatic hydroxyl groups is 1. The van der Waals surface area contributed by atoms with E-state index in [1.54, 1.807) is 16.8 Å². The van der Waals surface area contributed by atoms with Crippen molar-refractivity contribution in [1.82, 2.24) is 25.0 Å². The van der Waals surface area contributed by atoms with E-state index in [2.05, 4.69) is 39.9 Å². The zero-order valence-corrected chi connectivity index (χ0v) is 16.9. The largest absolute Gasteiger partial charge is 0.493 e. The van der Waals surface area contributed by atoms with Crippen LogP contribution in [0.4, 0.5) is 0 Å². The molecule has 0 bridgehead atoms. The number of hydrogen-bond acceptors (Lipinski definition) is 5. The number of halogens is 2. The second-order valence-corrected chi connectivity index (χ2v) is 11.7. The second kappa shape index (κ2) is 7.00. The lowest BCUT2D eigenvalue weighted by Crippen LogP contribution is -2.38. The smallest absolute Gasteiger partial charge is 0.214 e. The van der Waals surface area contributed by atoms with Gasteiger partial charge in [-0.15, -0.1) is 22.1 Å². The Labute approximate surface area is 156 Å². The van der Waals surface area contributed by atoms with Gasteiger partial charge in [-0.3, -0.25) is 0 Å². The summed E-state index contributed by atoms with van der Waals surface area (Å²) in [6, 6.07) is 6.93. The highest BCUT2D eigenvalue weighted by Crippen LogP contribution is 2.28. The minimum Gasteiger partial charge on any atom is -0.493 e. The van der Waals surface area contributed by atoms with Gasteiger partial charge in [0.1, 0.15) is 14.4 Å². The van der Waals surface area contributed by atoms with Gasteiger partial charge in [-0.2, -0.15) is 0 Å². The van der Waals surface area contributed by atoms with Crippen LogP contribution in [0.5, 0.6) is 5.88 Å². The summed E-state index contributed by atoms with van der Waals surface area (Å²) in [6.07, 6.45) is 3.25. The van der Waals surface area contributed by atoms with Crippen molar-refractivity contribution < 1.29 is 5.11 Å². The zero-order valence-electron chi connectivity index (χ0n) is 13.4. The van der Waals surface area contributed by atoms with Gasteiger partial charge >= 0.3 is 0 Å². The van der Waals surface area contributed by atoms with E-state index in [9.17, 15) is 5.11 Å². The molecule has 0 radical (unpaired) electrons. The topological polar surface area (TPSA) is 76.7 Å². The Bertz CT molecular complexity index is 865. The van der Waals surface area contributed by atoms with Crippen LogP contribution in [0, 0.1) is 0 Å². The molecule has 126 valence electrons. The second-order valence-electron chi connectivity index (χ2n) is 6.22. The van der Waals surface area contributed by atoms with Gasteiger partial charge in [0.05, 0.1) is 16.7 Å². The summed E-state index contributed by atoms with van der Waals surface area (Å²) >= 11 is 6.13. The minimum absolute atomic E-state index is 0. The number of rotatable bonds is 3. The van der Waals surface area contributed by atoms with Crippen molar-refractivity contribution in [1.29, 1.82) is 0 Å². The van der Waals surface area contributed by atoms with Crippen molar-refractivity contribution in [2.24, 2.45) is 0 Å². The van der Waals surface area contributed by atoms with Crippen molar-refractivity contribution in [2.45, 2.75) is 19.6 Å². The summed E-state index contributed by atoms with van der Waals surface area (Å²) in [4.78, 5) is 7.92. The molecule has 2 heterocycles. The van der Waals surface area contributed by atoms with Gasteiger partial charge < -0.3 is 5.11 Å². The molecule has 0 fully saturated rings. The van der Waals surface area contributed by atoms with Gasteiger partial charge in [-0.1, -0.05) is 36.5 Å².